The summed E-state index contributed by atoms with van der Waals surface area (Å²) in [5.74, 6) is 8.92. The molecule has 1 aromatic heterocycles. The Kier molecular flexibility index (Phi) is 7.95. The van der Waals surface area contributed by atoms with Crippen LogP contribution < -0.4 is 0 Å². The van der Waals surface area contributed by atoms with E-state index in [-0.39, 0.29) is 18.2 Å². The molecule has 0 saturated heterocycles. The Hall–Kier alpha value is -3.78. The van der Waals surface area contributed by atoms with Gasteiger partial charge in [-0.3, -0.25) is 14.2 Å². The Morgan fingerprint density at radius 1 is 1.06 bits per heavy atom. The summed E-state index contributed by atoms with van der Waals surface area (Å²) in [6.07, 6.45) is 3.99. The molecule has 0 aliphatic carbocycles. The number of benzene rings is 2. The minimum absolute atomic E-state index is 0.0833. The molecule has 1 aliphatic rings. The first-order valence-corrected chi connectivity index (χ1v) is 12.5. The quantitative estimate of drug-likeness (QED) is 0.235. The van der Waals surface area contributed by atoms with Crippen molar-refractivity contribution < 1.29 is 19.2 Å². The zero-order chi connectivity index (χ0) is 25.5. The molecule has 36 heavy (non-hydrogen) atoms. The molecule has 186 valence electrons. The van der Waals surface area contributed by atoms with Gasteiger partial charge < -0.3 is 4.74 Å². The van der Waals surface area contributed by atoms with E-state index in [0.29, 0.717) is 19.4 Å². The summed E-state index contributed by atoms with van der Waals surface area (Å²) >= 11 is 0. The van der Waals surface area contributed by atoms with Gasteiger partial charge in [0.2, 0.25) is 5.82 Å². The minimum Gasteiger partial charge on any atom is -0.466 e. The van der Waals surface area contributed by atoms with Gasteiger partial charge in [-0.25, -0.2) is 9.86 Å². The number of rotatable bonds is 9. The molecular weight excluding hydrogens is 452 g/mol. The van der Waals surface area contributed by atoms with Crippen molar-refractivity contribution in [2.75, 3.05) is 13.7 Å². The summed E-state index contributed by atoms with van der Waals surface area (Å²) < 4.78 is 7.18. The molecule has 0 N–H and O–H groups in total. The van der Waals surface area contributed by atoms with Gasteiger partial charge in [0.25, 0.3) is 0 Å². The van der Waals surface area contributed by atoms with E-state index < -0.39 is 5.54 Å². The number of carbonyl (C=O) groups is 1. The lowest BCUT2D eigenvalue weighted by atomic mass is 9.86. The molecular formula is C30H32N2O4. The van der Waals surface area contributed by atoms with E-state index in [1.54, 1.807) is 19.1 Å². The molecule has 0 saturated carbocycles. The highest BCUT2D eigenvalue weighted by Crippen LogP contribution is 2.49. The zero-order valence-corrected chi connectivity index (χ0v) is 21.2. The number of hydrogen-bond acceptors (Lipinski definition) is 5. The fraction of sp³-hybridized carbons (Fsp3) is 0.367. The Morgan fingerprint density at radius 3 is 2.50 bits per heavy atom. The maximum absolute atomic E-state index is 12.7. The zero-order valence-electron chi connectivity index (χ0n) is 21.2. The highest BCUT2D eigenvalue weighted by Gasteiger charge is 2.51. The van der Waals surface area contributed by atoms with Gasteiger partial charge in [-0.05, 0) is 43.4 Å². The summed E-state index contributed by atoms with van der Waals surface area (Å²) in [7, 11) is 1.54. The molecule has 0 spiro atoms. The van der Waals surface area contributed by atoms with Crippen molar-refractivity contribution in [3.05, 3.63) is 71.4 Å². The number of unbranched alkanes of at least 4 members (excludes halogenated alkanes) is 1. The van der Waals surface area contributed by atoms with E-state index >= 15 is 0 Å². The molecule has 0 fully saturated rings. The largest absolute Gasteiger partial charge is 0.466 e. The Bertz CT molecular complexity index is 1340. The molecule has 2 aromatic carbocycles. The van der Waals surface area contributed by atoms with Crippen LogP contribution in [0.4, 0.5) is 0 Å². The first-order chi connectivity index (χ1) is 17.6. The summed E-state index contributed by atoms with van der Waals surface area (Å²) in [6, 6.07) is 18.0. The van der Waals surface area contributed by atoms with Gasteiger partial charge in [-0.15, -0.1) is 0 Å². The topological polar surface area (TPSA) is 60.8 Å². The van der Waals surface area contributed by atoms with Crippen LogP contribution >= 0.6 is 0 Å². The summed E-state index contributed by atoms with van der Waals surface area (Å²) in [6.45, 7) is 4.22. The number of aromatic nitrogens is 1. The average Bonchev–Trinajstić information content (AvgIpc) is 3.36. The fourth-order valence-electron chi connectivity index (χ4n) is 5.08. The number of hydroxylamine groups is 2. The van der Waals surface area contributed by atoms with Crippen molar-refractivity contribution in [2.45, 2.75) is 57.9 Å². The first-order valence-electron chi connectivity index (χ1n) is 12.5. The lowest BCUT2D eigenvalue weighted by Gasteiger charge is -2.33. The first kappa shape index (κ1) is 25.3. The number of para-hydroxylation sites is 1. The average molecular weight is 485 g/mol. The molecule has 1 aliphatic heterocycles. The number of fused-ring (bicyclic) bond motifs is 3. The van der Waals surface area contributed by atoms with Gasteiger partial charge >= 0.3 is 5.97 Å². The molecule has 6 nitrogen and oxygen atoms in total. The van der Waals surface area contributed by atoms with Gasteiger partial charge in [0.15, 0.2) is 11.5 Å². The monoisotopic (exact) mass is 484 g/mol. The van der Waals surface area contributed by atoms with E-state index in [2.05, 4.69) is 36.8 Å². The molecule has 0 radical (unpaired) electrons. The minimum atomic E-state index is -0.935. The summed E-state index contributed by atoms with van der Waals surface area (Å²) in [5, 5.41) is 2.48. The van der Waals surface area contributed by atoms with Crippen LogP contribution in [0.5, 0.6) is 0 Å². The van der Waals surface area contributed by atoms with Gasteiger partial charge in [0.1, 0.15) is 0 Å². The highest BCUT2D eigenvalue weighted by atomic mass is 16.7. The van der Waals surface area contributed by atoms with Gasteiger partial charge in [0.05, 0.1) is 31.3 Å². The van der Waals surface area contributed by atoms with E-state index in [0.717, 1.165) is 41.4 Å². The predicted octanol–water partition coefficient (Wildman–Crippen LogP) is 5.28. The maximum atomic E-state index is 12.7. The Morgan fingerprint density at radius 2 is 1.81 bits per heavy atom. The van der Waals surface area contributed by atoms with Crippen molar-refractivity contribution in [1.82, 2.24) is 9.63 Å². The summed E-state index contributed by atoms with van der Waals surface area (Å²) in [4.78, 5) is 30.9. The molecule has 0 amide bonds. The van der Waals surface area contributed by atoms with Crippen molar-refractivity contribution in [3.63, 3.8) is 0 Å². The van der Waals surface area contributed by atoms with Crippen LogP contribution in [-0.2, 0) is 37.5 Å². The second-order valence-electron chi connectivity index (χ2n) is 8.82. The van der Waals surface area contributed by atoms with Crippen LogP contribution in [0.25, 0.3) is 16.7 Å². The van der Waals surface area contributed by atoms with Gasteiger partial charge in [0, 0.05) is 11.8 Å². The van der Waals surface area contributed by atoms with Gasteiger partial charge in [-0.2, -0.15) is 0 Å². The predicted molar refractivity (Wildman–Crippen MR) is 140 cm³/mol. The van der Waals surface area contributed by atoms with E-state index in [4.69, 9.17) is 9.57 Å². The van der Waals surface area contributed by atoms with Crippen LogP contribution in [0, 0.1) is 11.8 Å². The summed E-state index contributed by atoms with van der Waals surface area (Å²) in [5.41, 5.74) is 2.70. The third-order valence-corrected chi connectivity index (χ3v) is 6.59. The molecule has 3 aromatic rings. The SMILES string of the molecule is CCCCC1(C#CCCc2ccccc2)c2c(CC(=O)OCC)c3ccccc3n2C(=C=O)N1OC. The van der Waals surface area contributed by atoms with Crippen molar-refractivity contribution in [1.29, 1.82) is 0 Å². The van der Waals surface area contributed by atoms with E-state index in [1.165, 1.54) is 5.56 Å². The van der Waals surface area contributed by atoms with Crippen molar-refractivity contribution in [2.24, 2.45) is 0 Å². The van der Waals surface area contributed by atoms with Crippen molar-refractivity contribution in [3.8, 4) is 11.8 Å². The normalized spacial score (nSPS) is 16.4. The maximum Gasteiger partial charge on any atom is 0.310 e. The van der Waals surface area contributed by atoms with Crippen LogP contribution in [-0.4, -0.2) is 35.3 Å². The Balaban J connectivity index is 1.91. The van der Waals surface area contributed by atoms with E-state index in [9.17, 15) is 9.59 Å². The lowest BCUT2D eigenvalue weighted by molar-refractivity contribution is -0.142. The third kappa shape index (κ3) is 4.56. The highest BCUT2D eigenvalue weighted by molar-refractivity contribution is 5.96. The number of ether oxygens (including phenoxy) is 1. The number of aryl methyl sites for hydroxylation is 1. The smallest absolute Gasteiger partial charge is 0.310 e. The number of carbonyl (C=O) groups excluding carboxylic acids is 2. The lowest BCUT2D eigenvalue weighted by Crippen LogP contribution is -2.39. The molecule has 4 rings (SSSR count). The van der Waals surface area contributed by atoms with Crippen LogP contribution in [0.2, 0.25) is 0 Å². The van der Waals surface area contributed by atoms with Crippen LogP contribution in [0.15, 0.2) is 54.6 Å². The standard InChI is InChI=1S/C30H32N2O4/c1-4-6-19-30(20-13-12-16-23-14-8-7-9-15-23)29-25(21-28(34)36-5-2)24-17-10-11-18-26(24)31(29)27(22-33)32(30)35-3/h7-11,14-15,17-18H,4-6,12,16,19,21H2,1-3H3. The third-order valence-electron chi connectivity index (χ3n) is 6.59. The molecule has 0 bridgehead atoms. The fourth-order valence-corrected chi connectivity index (χ4v) is 5.08. The molecule has 1 unspecified atom stereocenters. The molecule has 2 heterocycles. The molecule has 6 heteroatoms. The van der Waals surface area contributed by atoms with E-state index in [1.807, 2.05) is 47.0 Å². The second-order valence-corrected chi connectivity index (χ2v) is 8.82. The van der Waals surface area contributed by atoms with Crippen LogP contribution in [0.1, 0.15) is 56.4 Å². The number of esters is 1. The number of nitrogens with zero attached hydrogens (tertiary/aromatic N) is 2. The Labute approximate surface area is 212 Å². The number of hydrogen-bond donors (Lipinski definition) is 0. The molecule has 1 atom stereocenters. The van der Waals surface area contributed by atoms with Crippen LogP contribution in [0.3, 0.4) is 0 Å². The van der Waals surface area contributed by atoms with Crippen molar-refractivity contribution >= 4 is 28.6 Å². The second kappa shape index (κ2) is 11.3. The van der Waals surface area contributed by atoms with Gasteiger partial charge in [-0.1, -0.05) is 73.7 Å².